The first-order valence-corrected chi connectivity index (χ1v) is 5.14. The summed E-state index contributed by atoms with van der Waals surface area (Å²) in [6.45, 7) is 8.48. The van der Waals surface area contributed by atoms with Crippen molar-refractivity contribution in [1.29, 1.82) is 0 Å². The standard InChI is InChI=1S/C13H17N3/c1-3-10-15-13(14)16(11-4-2)12-8-6-5-7-9-12/h3-9H,1-2,10-11H2,(H2,14,15). The van der Waals surface area contributed by atoms with Crippen LogP contribution in [-0.2, 0) is 0 Å². The van der Waals surface area contributed by atoms with Crippen LogP contribution < -0.4 is 10.6 Å². The van der Waals surface area contributed by atoms with Crippen LogP contribution in [0.2, 0.25) is 0 Å². The molecule has 1 aromatic carbocycles. The minimum absolute atomic E-state index is 0.478. The molecule has 0 saturated carbocycles. The third-order valence-electron chi connectivity index (χ3n) is 2.04. The van der Waals surface area contributed by atoms with Crippen molar-refractivity contribution < 1.29 is 0 Å². The zero-order valence-electron chi connectivity index (χ0n) is 9.34. The molecule has 0 aromatic heterocycles. The summed E-state index contributed by atoms with van der Waals surface area (Å²) in [5.41, 5.74) is 6.91. The highest BCUT2D eigenvalue weighted by Crippen LogP contribution is 2.12. The summed E-state index contributed by atoms with van der Waals surface area (Å²) in [7, 11) is 0. The summed E-state index contributed by atoms with van der Waals surface area (Å²) >= 11 is 0. The molecule has 16 heavy (non-hydrogen) atoms. The Hall–Kier alpha value is -2.03. The van der Waals surface area contributed by atoms with Crippen LogP contribution in [0.15, 0.2) is 60.6 Å². The molecule has 0 radical (unpaired) electrons. The van der Waals surface area contributed by atoms with Crippen LogP contribution >= 0.6 is 0 Å². The van der Waals surface area contributed by atoms with Gasteiger partial charge in [0.05, 0.1) is 6.54 Å². The third kappa shape index (κ3) is 3.28. The van der Waals surface area contributed by atoms with Crippen LogP contribution in [0.1, 0.15) is 0 Å². The van der Waals surface area contributed by atoms with E-state index in [2.05, 4.69) is 18.2 Å². The Bertz CT molecular complexity index is 368. The Morgan fingerprint density at radius 2 is 1.94 bits per heavy atom. The summed E-state index contributed by atoms with van der Waals surface area (Å²) < 4.78 is 0. The number of hydrogen-bond acceptors (Lipinski definition) is 1. The van der Waals surface area contributed by atoms with Gasteiger partial charge < -0.3 is 10.6 Å². The zero-order chi connectivity index (χ0) is 11.8. The second-order valence-electron chi connectivity index (χ2n) is 3.22. The Kier molecular flexibility index (Phi) is 4.86. The largest absolute Gasteiger partial charge is 0.369 e. The number of rotatable bonds is 5. The van der Waals surface area contributed by atoms with Crippen molar-refractivity contribution >= 4 is 11.6 Å². The minimum atomic E-state index is 0.478. The maximum atomic E-state index is 5.90. The van der Waals surface area contributed by atoms with E-state index in [9.17, 15) is 0 Å². The number of guanidine groups is 1. The van der Waals surface area contributed by atoms with Gasteiger partial charge in [-0.2, -0.15) is 0 Å². The maximum absolute atomic E-state index is 5.90. The zero-order valence-corrected chi connectivity index (χ0v) is 9.34. The summed E-state index contributed by atoms with van der Waals surface area (Å²) in [6.07, 6.45) is 3.51. The normalized spacial score (nSPS) is 10.9. The molecule has 1 aromatic rings. The lowest BCUT2D eigenvalue weighted by molar-refractivity contribution is 1.09. The molecule has 0 aliphatic rings. The van der Waals surface area contributed by atoms with Crippen LogP contribution in [0.3, 0.4) is 0 Å². The maximum Gasteiger partial charge on any atom is 0.196 e. The molecule has 0 unspecified atom stereocenters. The Balaban J connectivity index is 2.90. The van der Waals surface area contributed by atoms with E-state index in [1.165, 1.54) is 0 Å². The van der Waals surface area contributed by atoms with Gasteiger partial charge in [0.15, 0.2) is 5.96 Å². The minimum Gasteiger partial charge on any atom is -0.369 e. The Labute approximate surface area is 96.6 Å². The van der Waals surface area contributed by atoms with Crippen molar-refractivity contribution in [3.05, 3.63) is 55.6 Å². The highest BCUT2D eigenvalue weighted by Gasteiger charge is 2.07. The molecular weight excluding hydrogens is 198 g/mol. The molecule has 0 spiro atoms. The van der Waals surface area contributed by atoms with E-state index in [-0.39, 0.29) is 0 Å². The van der Waals surface area contributed by atoms with Gasteiger partial charge in [0.1, 0.15) is 0 Å². The number of hydrogen-bond donors (Lipinski definition) is 1. The van der Waals surface area contributed by atoms with Crippen LogP contribution in [-0.4, -0.2) is 19.0 Å². The van der Waals surface area contributed by atoms with E-state index in [1.54, 1.807) is 12.2 Å². The Morgan fingerprint density at radius 1 is 1.25 bits per heavy atom. The number of aliphatic imine (C=N–C) groups is 1. The number of anilines is 1. The molecule has 3 nitrogen and oxygen atoms in total. The fourth-order valence-corrected chi connectivity index (χ4v) is 1.31. The quantitative estimate of drug-likeness (QED) is 0.464. The summed E-state index contributed by atoms with van der Waals surface area (Å²) in [6, 6.07) is 9.87. The lowest BCUT2D eigenvalue weighted by Crippen LogP contribution is -2.37. The Morgan fingerprint density at radius 3 is 2.50 bits per heavy atom. The van der Waals surface area contributed by atoms with Gasteiger partial charge in [0.2, 0.25) is 0 Å². The van der Waals surface area contributed by atoms with Crippen molar-refractivity contribution in [3.63, 3.8) is 0 Å². The molecular formula is C13H17N3. The van der Waals surface area contributed by atoms with Crippen molar-refractivity contribution in [2.45, 2.75) is 0 Å². The first-order chi connectivity index (χ1) is 7.79. The molecule has 0 atom stereocenters. The van der Waals surface area contributed by atoms with Gasteiger partial charge in [-0.15, -0.1) is 13.2 Å². The first kappa shape index (κ1) is 12.0. The number of para-hydroxylation sites is 1. The molecule has 0 fully saturated rings. The van der Waals surface area contributed by atoms with Gasteiger partial charge in [-0.05, 0) is 12.1 Å². The van der Waals surface area contributed by atoms with Crippen LogP contribution in [0.4, 0.5) is 5.69 Å². The van der Waals surface area contributed by atoms with Crippen LogP contribution in [0.25, 0.3) is 0 Å². The second kappa shape index (κ2) is 6.45. The number of nitrogens with zero attached hydrogens (tertiary/aromatic N) is 2. The smallest absolute Gasteiger partial charge is 0.196 e. The van der Waals surface area contributed by atoms with E-state index in [4.69, 9.17) is 5.73 Å². The molecule has 0 aliphatic carbocycles. The predicted molar refractivity (Wildman–Crippen MR) is 70.7 cm³/mol. The lowest BCUT2D eigenvalue weighted by atomic mass is 10.3. The van der Waals surface area contributed by atoms with Crippen molar-refractivity contribution in [3.8, 4) is 0 Å². The van der Waals surface area contributed by atoms with E-state index >= 15 is 0 Å². The van der Waals surface area contributed by atoms with Crippen LogP contribution in [0, 0.1) is 0 Å². The molecule has 0 amide bonds. The van der Waals surface area contributed by atoms with Crippen molar-refractivity contribution in [2.75, 3.05) is 18.0 Å². The van der Waals surface area contributed by atoms with Gasteiger partial charge in [-0.3, -0.25) is 0 Å². The van der Waals surface area contributed by atoms with E-state index in [1.807, 2.05) is 35.2 Å². The highest BCUT2D eigenvalue weighted by molar-refractivity contribution is 5.95. The van der Waals surface area contributed by atoms with Gasteiger partial charge in [-0.25, -0.2) is 4.99 Å². The van der Waals surface area contributed by atoms with Gasteiger partial charge in [0.25, 0.3) is 0 Å². The summed E-state index contributed by atoms with van der Waals surface area (Å²) in [5.74, 6) is 0.478. The third-order valence-corrected chi connectivity index (χ3v) is 2.04. The van der Waals surface area contributed by atoms with Gasteiger partial charge in [0, 0.05) is 12.2 Å². The van der Waals surface area contributed by atoms with Crippen molar-refractivity contribution in [1.82, 2.24) is 0 Å². The fourth-order valence-electron chi connectivity index (χ4n) is 1.31. The van der Waals surface area contributed by atoms with Crippen LogP contribution in [0.5, 0.6) is 0 Å². The van der Waals surface area contributed by atoms with Gasteiger partial charge >= 0.3 is 0 Å². The fraction of sp³-hybridized carbons (Fsp3) is 0.154. The first-order valence-electron chi connectivity index (χ1n) is 5.14. The van der Waals surface area contributed by atoms with E-state index < -0.39 is 0 Å². The molecule has 0 saturated heterocycles. The SMILES string of the molecule is C=CCN=C(N)N(CC=C)c1ccccc1. The number of nitrogens with two attached hydrogens (primary N) is 1. The lowest BCUT2D eigenvalue weighted by Gasteiger charge is -2.21. The van der Waals surface area contributed by atoms with Crippen molar-refractivity contribution in [2.24, 2.45) is 10.7 Å². The summed E-state index contributed by atoms with van der Waals surface area (Å²) in [4.78, 5) is 6.09. The average Bonchev–Trinajstić information content (AvgIpc) is 2.34. The van der Waals surface area contributed by atoms with E-state index in [0.717, 1.165) is 5.69 Å². The molecule has 3 heteroatoms. The molecule has 2 N–H and O–H groups in total. The monoisotopic (exact) mass is 215 g/mol. The topological polar surface area (TPSA) is 41.6 Å². The molecule has 1 rings (SSSR count). The van der Waals surface area contributed by atoms with E-state index in [0.29, 0.717) is 19.0 Å². The highest BCUT2D eigenvalue weighted by atomic mass is 15.2. The van der Waals surface area contributed by atoms with Gasteiger partial charge in [-0.1, -0.05) is 30.4 Å². The predicted octanol–water partition coefficient (Wildman–Crippen LogP) is 2.18. The molecule has 84 valence electrons. The summed E-state index contributed by atoms with van der Waals surface area (Å²) in [5, 5.41) is 0. The second-order valence-corrected chi connectivity index (χ2v) is 3.22. The molecule has 0 aliphatic heterocycles. The average molecular weight is 215 g/mol. The molecule has 0 heterocycles. The molecule has 0 bridgehead atoms. The number of benzene rings is 1.